The number of nitrogens with one attached hydrogen (secondary N) is 1. The van der Waals surface area contributed by atoms with E-state index in [0.717, 1.165) is 0 Å². The van der Waals surface area contributed by atoms with Crippen molar-refractivity contribution in [2.45, 2.75) is 0 Å². The first-order valence-corrected chi connectivity index (χ1v) is 3.51. The molecule has 1 rings (SSSR count). The molecule has 0 radical (unpaired) electrons. The second-order valence-corrected chi connectivity index (χ2v) is 2.43. The van der Waals surface area contributed by atoms with Crippen LogP contribution in [-0.2, 0) is 7.05 Å². The number of hydrogen-bond donors (Lipinski definition) is 1. The molecule has 0 atom stereocenters. The molecule has 1 aromatic heterocycles. The van der Waals surface area contributed by atoms with Gasteiger partial charge in [-0.2, -0.15) is 5.26 Å². The maximum Gasteiger partial charge on any atom is 0.264 e. The van der Waals surface area contributed by atoms with E-state index in [1.165, 1.54) is 29.1 Å². The lowest BCUT2D eigenvalue weighted by molar-refractivity contribution is 0.0972. The van der Waals surface area contributed by atoms with Crippen molar-refractivity contribution in [3.05, 3.63) is 34.2 Å². The minimum absolute atomic E-state index is 0.185. The summed E-state index contributed by atoms with van der Waals surface area (Å²) in [7, 11) is 1.58. The van der Waals surface area contributed by atoms with Gasteiger partial charge in [0.25, 0.3) is 11.5 Å². The second kappa shape index (κ2) is 3.54. The molecule has 0 spiro atoms. The van der Waals surface area contributed by atoms with Gasteiger partial charge in [0, 0.05) is 24.9 Å². The normalized spacial score (nSPS) is 8.92. The number of hydrogen-bond acceptors (Lipinski definition) is 3. The topological polar surface area (TPSA) is 74.9 Å². The van der Waals surface area contributed by atoms with Crippen molar-refractivity contribution in [3.63, 3.8) is 0 Å². The minimum Gasteiger partial charge on any atom is -0.319 e. The lowest BCUT2D eigenvalue weighted by Gasteiger charge is -1.98. The molecule has 1 heterocycles. The number of carbonyl (C=O) groups is 1. The Balaban J connectivity index is 3.06. The first kappa shape index (κ1) is 9.00. The van der Waals surface area contributed by atoms with Crippen molar-refractivity contribution < 1.29 is 4.79 Å². The molecule has 13 heavy (non-hydrogen) atoms. The van der Waals surface area contributed by atoms with Gasteiger partial charge in [-0.25, -0.2) is 0 Å². The summed E-state index contributed by atoms with van der Waals surface area (Å²) in [4.78, 5) is 22.1. The number of carbonyl (C=O) groups excluding carboxylic acids is 1. The first-order chi connectivity index (χ1) is 6.15. The molecule has 5 heteroatoms. The summed E-state index contributed by atoms with van der Waals surface area (Å²) in [5.74, 6) is -0.569. The summed E-state index contributed by atoms with van der Waals surface area (Å²) >= 11 is 0. The summed E-state index contributed by atoms with van der Waals surface area (Å²) in [6.45, 7) is 0. The standard InChI is InChI=1S/C8H7N3O2/c1-11-3-2-6(4-7(11)12)8(13)10-5-9/h2-4H,1H3,(H,10,13). The third-order valence-corrected chi connectivity index (χ3v) is 1.54. The van der Waals surface area contributed by atoms with Crippen LogP contribution < -0.4 is 10.9 Å². The number of amides is 1. The molecule has 66 valence electrons. The fourth-order valence-corrected chi connectivity index (χ4v) is 0.813. The molecule has 0 aliphatic carbocycles. The Bertz CT molecular complexity index is 428. The van der Waals surface area contributed by atoms with E-state index in [0.29, 0.717) is 0 Å². The number of nitriles is 1. The summed E-state index contributed by atoms with van der Waals surface area (Å²) in [5, 5.41) is 10.1. The van der Waals surface area contributed by atoms with Crippen molar-refractivity contribution in [1.82, 2.24) is 9.88 Å². The fourth-order valence-electron chi connectivity index (χ4n) is 0.813. The van der Waals surface area contributed by atoms with Gasteiger partial charge in [0.15, 0.2) is 6.19 Å². The van der Waals surface area contributed by atoms with E-state index in [-0.39, 0.29) is 11.1 Å². The minimum atomic E-state index is -0.569. The number of rotatable bonds is 1. The monoisotopic (exact) mass is 177 g/mol. The van der Waals surface area contributed by atoms with Gasteiger partial charge >= 0.3 is 0 Å². The highest BCUT2D eigenvalue weighted by Gasteiger charge is 2.04. The zero-order valence-electron chi connectivity index (χ0n) is 6.94. The van der Waals surface area contributed by atoms with Crippen molar-refractivity contribution in [2.75, 3.05) is 0 Å². The number of nitrogens with zero attached hydrogens (tertiary/aromatic N) is 2. The largest absolute Gasteiger partial charge is 0.319 e. The summed E-state index contributed by atoms with van der Waals surface area (Å²) in [6, 6.07) is 2.64. The zero-order valence-corrected chi connectivity index (χ0v) is 6.94. The van der Waals surface area contributed by atoms with Crippen LogP contribution >= 0.6 is 0 Å². The van der Waals surface area contributed by atoms with E-state index in [4.69, 9.17) is 5.26 Å². The zero-order chi connectivity index (χ0) is 9.84. The molecule has 0 aromatic carbocycles. The molecule has 1 N–H and O–H groups in total. The quantitative estimate of drug-likeness (QED) is 0.468. The van der Waals surface area contributed by atoms with Crippen LogP contribution in [0.15, 0.2) is 23.1 Å². The summed E-state index contributed by atoms with van der Waals surface area (Å²) in [5.41, 5.74) is -0.102. The second-order valence-electron chi connectivity index (χ2n) is 2.43. The van der Waals surface area contributed by atoms with Crippen LogP contribution in [0.1, 0.15) is 10.4 Å². The van der Waals surface area contributed by atoms with Crippen LogP contribution in [0, 0.1) is 11.5 Å². The Morgan fingerprint density at radius 1 is 1.69 bits per heavy atom. The molecular formula is C8H7N3O2. The van der Waals surface area contributed by atoms with Crippen LogP contribution in [0.4, 0.5) is 0 Å². The third kappa shape index (κ3) is 1.93. The fraction of sp³-hybridized carbons (Fsp3) is 0.125. The molecule has 0 aliphatic heterocycles. The Hall–Kier alpha value is -2.09. The van der Waals surface area contributed by atoms with Crippen molar-refractivity contribution in [3.8, 4) is 6.19 Å². The van der Waals surface area contributed by atoms with E-state index < -0.39 is 5.91 Å². The van der Waals surface area contributed by atoms with Crippen LogP contribution in [0.25, 0.3) is 0 Å². The van der Waals surface area contributed by atoms with Crippen LogP contribution in [0.2, 0.25) is 0 Å². The van der Waals surface area contributed by atoms with Gasteiger partial charge < -0.3 is 4.57 Å². The van der Waals surface area contributed by atoms with Gasteiger partial charge in [-0.05, 0) is 6.07 Å². The first-order valence-electron chi connectivity index (χ1n) is 3.51. The molecule has 0 bridgehead atoms. The van der Waals surface area contributed by atoms with E-state index in [2.05, 4.69) is 0 Å². The Kier molecular flexibility index (Phi) is 2.45. The van der Waals surface area contributed by atoms with E-state index >= 15 is 0 Å². The van der Waals surface area contributed by atoms with E-state index in [1.807, 2.05) is 5.32 Å². The highest BCUT2D eigenvalue weighted by molar-refractivity contribution is 5.94. The lowest BCUT2D eigenvalue weighted by atomic mass is 10.2. The van der Waals surface area contributed by atoms with Gasteiger partial charge in [-0.3, -0.25) is 14.9 Å². The average molecular weight is 177 g/mol. The third-order valence-electron chi connectivity index (χ3n) is 1.54. The summed E-state index contributed by atoms with van der Waals surface area (Å²) < 4.78 is 1.34. The van der Waals surface area contributed by atoms with Gasteiger partial charge in [-0.1, -0.05) is 0 Å². The molecule has 0 fully saturated rings. The molecule has 0 saturated carbocycles. The molecule has 0 unspecified atom stereocenters. The van der Waals surface area contributed by atoms with Gasteiger partial charge in [0.1, 0.15) is 0 Å². The molecule has 5 nitrogen and oxygen atoms in total. The van der Waals surface area contributed by atoms with Crippen molar-refractivity contribution in [1.29, 1.82) is 5.26 Å². The Morgan fingerprint density at radius 3 is 2.92 bits per heavy atom. The van der Waals surface area contributed by atoms with Crippen molar-refractivity contribution in [2.24, 2.45) is 7.05 Å². The highest BCUT2D eigenvalue weighted by atomic mass is 16.2. The summed E-state index contributed by atoms with van der Waals surface area (Å²) in [6.07, 6.45) is 2.96. The van der Waals surface area contributed by atoms with Crippen LogP contribution in [-0.4, -0.2) is 10.5 Å². The lowest BCUT2D eigenvalue weighted by Crippen LogP contribution is -2.22. The molecule has 1 aromatic rings. The molecule has 0 aliphatic rings. The van der Waals surface area contributed by atoms with Gasteiger partial charge in [0.2, 0.25) is 0 Å². The average Bonchev–Trinajstić information content (AvgIpc) is 2.10. The predicted molar refractivity (Wildman–Crippen MR) is 44.8 cm³/mol. The maximum absolute atomic E-state index is 11.0. The van der Waals surface area contributed by atoms with Crippen LogP contribution in [0.5, 0.6) is 0 Å². The van der Waals surface area contributed by atoms with Gasteiger partial charge in [0.05, 0.1) is 0 Å². The predicted octanol–water partition coefficient (Wildman–Crippen LogP) is -0.404. The highest BCUT2D eigenvalue weighted by Crippen LogP contribution is 1.92. The maximum atomic E-state index is 11.0. The number of pyridine rings is 1. The SMILES string of the molecule is Cn1ccc(C(=O)NC#N)cc1=O. The smallest absolute Gasteiger partial charge is 0.264 e. The number of aromatic nitrogens is 1. The molecular weight excluding hydrogens is 170 g/mol. The Labute approximate surface area is 74.2 Å². The van der Waals surface area contributed by atoms with E-state index in [9.17, 15) is 9.59 Å². The van der Waals surface area contributed by atoms with E-state index in [1.54, 1.807) is 7.05 Å². The molecule has 1 amide bonds. The molecule has 0 saturated heterocycles. The number of aryl methyl sites for hydroxylation is 1. The Morgan fingerprint density at radius 2 is 2.38 bits per heavy atom. The van der Waals surface area contributed by atoms with Gasteiger partial charge in [-0.15, -0.1) is 0 Å². The van der Waals surface area contributed by atoms with Crippen LogP contribution in [0.3, 0.4) is 0 Å². The van der Waals surface area contributed by atoms with Crippen molar-refractivity contribution >= 4 is 5.91 Å².